The lowest BCUT2D eigenvalue weighted by molar-refractivity contribution is -0.242. The molecule has 0 aromatic rings. The predicted molar refractivity (Wildman–Crippen MR) is 94.7 cm³/mol. The number of esters is 1. The molecule has 2 aliphatic heterocycles. The molecule has 1 saturated heterocycles. The Bertz CT molecular complexity index is 652. The van der Waals surface area contributed by atoms with Crippen LogP contribution in [-0.4, -0.2) is 82.7 Å². The van der Waals surface area contributed by atoms with E-state index in [0.717, 1.165) is 11.8 Å². The molecule has 3 amide bonds. The fourth-order valence-electron chi connectivity index (χ4n) is 3.06. The molecule has 5 atom stereocenters. The number of nitrogens with zero attached hydrogens (tertiary/aromatic N) is 1. The number of carbonyl (C=O) groups excluding carboxylic acids is 4. The molecule has 0 aromatic carbocycles. The number of aliphatic hydroxyl groups is 2. The van der Waals surface area contributed by atoms with E-state index in [2.05, 4.69) is 5.32 Å². The minimum Gasteiger partial charge on any atom is -0.463 e. The average Bonchev–Trinajstić information content (AvgIpc) is 2.98. The maximum atomic E-state index is 14.2. The third-order valence-corrected chi connectivity index (χ3v) is 4.61. The third kappa shape index (κ3) is 6.31. The van der Waals surface area contributed by atoms with Crippen molar-refractivity contribution in [2.24, 2.45) is 0 Å². The lowest BCUT2D eigenvalue weighted by Gasteiger charge is -2.39. The van der Waals surface area contributed by atoms with Crippen LogP contribution in [0.15, 0.2) is 12.2 Å². The van der Waals surface area contributed by atoms with Crippen molar-refractivity contribution in [2.75, 3.05) is 13.2 Å². The van der Waals surface area contributed by atoms with Crippen LogP contribution in [0, 0.1) is 0 Å². The zero-order chi connectivity index (χ0) is 21.6. The molecule has 10 nitrogen and oxygen atoms in total. The van der Waals surface area contributed by atoms with Crippen LogP contribution in [0.4, 0.5) is 4.39 Å². The molecule has 0 aliphatic carbocycles. The lowest BCUT2D eigenvalue weighted by atomic mass is 9.98. The second-order valence-electron chi connectivity index (χ2n) is 6.88. The van der Waals surface area contributed by atoms with Crippen LogP contribution in [0.1, 0.15) is 32.6 Å². The van der Waals surface area contributed by atoms with Crippen molar-refractivity contribution < 1.29 is 43.3 Å². The number of halogens is 1. The fourth-order valence-corrected chi connectivity index (χ4v) is 3.06. The van der Waals surface area contributed by atoms with E-state index >= 15 is 0 Å². The number of hydrogen-bond acceptors (Lipinski definition) is 8. The summed E-state index contributed by atoms with van der Waals surface area (Å²) in [6.45, 7) is 0.923. The number of ether oxygens (including phenoxy) is 2. The largest absolute Gasteiger partial charge is 0.463 e. The van der Waals surface area contributed by atoms with Gasteiger partial charge < -0.3 is 25.0 Å². The van der Waals surface area contributed by atoms with E-state index in [0.29, 0.717) is 19.3 Å². The van der Waals surface area contributed by atoms with Gasteiger partial charge in [-0.15, -0.1) is 0 Å². The summed E-state index contributed by atoms with van der Waals surface area (Å²) in [6.07, 6.45) is -2.67. The Hall–Kier alpha value is -2.37. The van der Waals surface area contributed by atoms with E-state index in [1.807, 2.05) is 0 Å². The summed E-state index contributed by atoms with van der Waals surface area (Å²) < 4.78 is 24.2. The molecule has 0 radical (unpaired) electrons. The van der Waals surface area contributed by atoms with E-state index in [1.54, 1.807) is 0 Å². The number of carbonyl (C=O) groups is 4. The van der Waals surface area contributed by atoms with Crippen LogP contribution in [-0.2, 0) is 28.7 Å². The molecular weight excluding hydrogens is 391 g/mol. The Balaban J connectivity index is 1.64. The molecule has 1 fully saturated rings. The van der Waals surface area contributed by atoms with Gasteiger partial charge in [0.15, 0.2) is 12.5 Å². The molecule has 162 valence electrons. The van der Waals surface area contributed by atoms with Gasteiger partial charge in [0.1, 0.15) is 24.9 Å². The highest BCUT2D eigenvalue weighted by atomic mass is 19.1. The number of nitrogens with one attached hydrogen (secondary N) is 1. The van der Waals surface area contributed by atoms with Crippen LogP contribution < -0.4 is 5.32 Å². The van der Waals surface area contributed by atoms with Crippen molar-refractivity contribution in [2.45, 2.75) is 63.3 Å². The van der Waals surface area contributed by atoms with E-state index < -0.39 is 49.2 Å². The maximum Gasteiger partial charge on any atom is 0.305 e. The summed E-state index contributed by atoms with van der Waals surface area (Å²) in [5.41, 5.74) is 0. The molecule has 29 heavy (non-hydrogen) atoms. The molecule has 0 saturated carbocycles. The quantitative estimate of drug-likeness (QED) is 0.245. The Morgan fingerprint density at radius 1 is 1.21 bits per heavy atom. The zero-order valence-corrected chi connectivity index (χ0v) is 16.0. The van der Waals surface area contributed by atoms with Crippen molar-refractivity contribution in [3.05, 3.63) is 12.2 Å². The zero-order valence-electron chi connectivity index (χ0n) is 16.0. The standard InChI is InChI=1S/C18H25FN2O8/c1-10(22)20-16-17(26)15(19)11(29-18(16)27)9-28-14(25)5-3-2-4-8-21-12(23)6-7-13(21)24/h6-7,11,15-18,26-27H,2-5,8-9H2,1H3,(H,20,22)/t11-,15-,16-,17+,18?/m1/s1. The Morgan fingerprint density at radius 3 is 2.48 bits per heavy atom. The van der Waals surface area contributed by atoms with Gasteiger partial charge >= 0.3 is 5.97 Å². The van der Waals surface area contributed by atoms with Gasteiger partial charge in [0, 0.05) is 32.0 Å². The minimum atomic E-state index is -1.97. The van der Waals surface area contributed by atoms with Gasteiger partial charge in [-0.25, -0.2) is 4.39 Å². The average molecular weight is 416 g/mol. The van der Waals surface area contributed by atoms with Gasteiger partial charge in [-0.05, 0) is 12.8 Å². The van der Waals surface area contributed by atoms with Crippen molar-refractivity contribution >= 4 is 23.7 Å². The first-order valence-corrected chi connectivity index (χ1v) is 9.32. The summed E-state index contributed by atoms with van der Waals surface area (Å²) >= 11 is 0. The van der Waals surface area contributed by atoms with Gasteiger partial charge in [0.2, 0.25) is 5.91 Å². The molecule has 1 unspecified atom stereocenters. The first-order chi connectivity index (χ1) is 13.7. The van der Waals surface area contributed by atoms with Gasteiger partial charge in [0.25, 0.3) is 11.8 Å². The summed E-state index contributed by atoms with van der Waals surface area (Å²) in [5, 5.41) is 21.9. The van der Waals surface area contributed by atoms with E-state index in [-0.39, 0.29) is 24.8 Å². The Morgan fingerprint density at radius 2 is 1.86 bits per heavy atom. The number of rotatable bonds is 9. The monoisotopic (exact) mass is 416 g/mol. The number of amides is 3. The molecule has 3 N–H and O–H groups in total. The van der Waals surface area contributed by atoms with Crippen LogP contribution >= 0.6 is 0 Å². The minimum absolute atomic E-state index is 0.0451. The van der Waals surface area contributed by atoms with Crippen LogP contribution in [0.5, 0.6) is 0 Å². The summed E-state index contributed by atoms with van der Waals surface area (Å²) in [7, 11) is 0. The topological polar surface area (TPSA) is 142 Å². The number of aliphatic hydroxyl groups excluding tert-OH is 2. The molecule has 0 spiro atoms. The van der Waals surface area contributed by atoms with E-state index in [1.165, 1.54) is 12.2 Å². The second kappa shape index (κ2) is 10.4. The highest BCUT2D eigenvalue weighted by Gasteiger charge is 2.45. The van der Waals surface area contributed by atoms with Crippen LogP contribution in [0.2, 0.25) is 0 Å². The van der Waals surface area contributed by atoms with Crippen molar-refractivity contribution in [3.8, 4) is 0 Å². The SMILES string of the molecule is CC(=O)N[C@H]1C(O)O[C@H](COC(=O)CCCCCN2C(=O)C=CC2=O)[C@@H](F)[C@@H]1O. The molecule has 2 aliphatic rings. The third-order valence-electron chi connectivity index (χ3n) is 4.61. The summed E-state index contributed by atoms with van der Waals surface area (Å²) in [4.78, 5) is 46.7. The van der Waals surface area contributed by atoms with Crippen LogP contribution in [0.25, 0.3) is 0 Å². The normalized spacial score (nSPS) is 29.2. The Kier molecular flexibility index (Phi) is 8.23. The van der Waals surface area contributed by atoms with Gasteiger partial charge in [-0.1, -0.05) is 6.42 Å². The number of alkyl halides is 1. The predicted octanol–water partition coefficient (Wildman–Crippen LogP) is -1.06. The molecule has 2 heterocycles. The number of hydrogen-bond donors (Lipinski definition) is 3. The molecule has 0 aromatic heterocycles. The number of unbranched alkanes of at least 4 members (excludes halogenated alkanes) is 2. The van der Waals surface area contributed by atoms with Crippen molar-refractivity contribution in [1.82, 2.24) is 10.2 Å². The van der Waals surface area contributed by atoms with Crippen molar-refractivity contribution in [3.63, 3.8) is 0 Å². The number of imide groups is 1. The molecule has 2 rings (SSSR count). The summed E-state index contributed by atoms with van der Waals surface area (Å²) in [5.74, 6) is -1.88. The lowest BCUT2D eigenvalue weighted by Crippen LogP contribution is -2.62. The fraction of sp³-hybridized carbons (Fsp3) is 0.667. The molecular formula is C18H25FN2O8. The van der Waals surface area contributed by atoms with Gasteiger partial charge in [-0.2, -0.15) is 0 Å². The Labute approximate surface area is 166 Å². The smallest absolute Gasteiger partial charge is 0.305 e. The van der Waals surface area contributed by atoms with Crippen molar-refractivity contribution in [1.29, 1.82) is 0 Å². The van der Waals surface area contributed by atoms with Gasteiger partial charge in [-0.3, -0.25) is 24.1 Å². The molecule has 11 heteroatoms. The first kappa shape index (κ1) is 22.9. The second-order valence-corrected chi connectivity index (χ2v) is 6.88. The first-order valence-electron chi connectivity index (χ1n) is 9.32. The van der Waals surface area contributed by atoms with E-state index in [4.69, 9.17) is 9.47 Å². The highest BCUT2D eigenvalue weighted by Crippen LogP contribution is 2.23. The highest BCUT2D eigenvalue weighted by molar-refractivity contribution is 6.12. The summed E-state index contributed by atoms with van der Waals surface area (Å²) in [6, 6.07) is -1.32. The van der Waals surface area contributed by atoms with Gasteiger partial charge in [0.05, 0.1) is 0 Å². The molecule has 0 bridgehead atoms. The maximum absolute atomic E-state index is 14.2. The van der Waals surface area contributed by atoms with Crippen LogP contribution in [0.3, 0.4) is 0 Å². The van der Waals surface area contributed by atoms with E-state index in [9.17, 15) is 33.8 Å².